The third kappa shape index (κ3) is 3.38. The first-order valence-corrected chi connectivity index (χ1v) is 9.87. The fourth-order valence-electron chi connectivity index (χ4n) is 3.11. The molecule has 3 aromatic heterocycles. The van der Waals surface area contributed by atoms with Crippen LogP contribution in [0.15, 0.2) is 66.6 Å². The molecule has 1 aromatic carbocycles. The van der Waals surface area contributed by atoms with Gasteiger partial charge in [-0.25, -0.2) is 15.0 Å². The summed E-state index contributed by atoms with van der Waals surface area (Å²) in [5, 5.41) is 5.06. The number of hydrogen-bond donors (Lipinski definition) is 0. The van der Waals surface area contributed by atoms with E-state index in [0.717, 1.165) is 33.2 Å². The first kappa shape index (κ1) is 17.5. The van der Waals surface area contributed by atoms with Crippen LogP contribution in [0, 0.1) is 0 Å². The summed E-state index contributed by atoms with van der Waals surface area (Å²) in [6.45, 7) is 2.15. The van der Waals surface area contributed by atoms with E-state index in [1.165, 1.54) is 11.8 Å². The lowest BCUT2D eigenvalue weighted by Crippen LogP contribution is -2.07. The molecule has 0 fully saturated rings. The summed E-state index contributed by atoms with van der Waals surface area (Å²) < 4.78 is 3.98. The summed E-state index contributed by atoms with van der Waals surface area (Å²) in [4.78, 5) is 13.7. The third-order valence-electron chi connectivity index (χ3n) is 4.55. The third-order valence-corrected chi connectivity index (χ3v) is 5.13. The predicted octanol–water partition coefficient (Wildman–Crippen LogP) is 4.07. The Morgan fingerprint density at radius 1 is 0.963 bits per heavy atom. The molecule has 0 amide bonds. The Morgan fingerprint density at radius 3 is 2.33 bits per heavy atom. The minimum absolute atomic E-state index is 0.0823. The summed E-state index contributed by atoms with van der Waals surface area (Å²) in [6.07, 6.45) is 11.5. The van der Waals surface area contributed by atoms with Gasteiger partial charge in [-0.15, -0.1) is 0 Å². The zero-order valence-electron chi connectivity index (χ0n) is 15.4. The van der Waals surface area contributed by atoms with Crippen LogP contribution in [0.5, 0.6) is 0 Å². The van der Waals surface area contributed by atoms with Crippen LogP contribution in [-0.2, 0) is 7.05 Å². The van der Waals surface area contributed by atoms with Gasteiger partial charge < -0.3 is 4.57 Å². The number of hydrogen-bond acceptors (Lipinski definition) is 5. The number of aromatic nitrogens is 6. The lowest BCUT2D eigenvalue weighted by molar-refractivity contribution is 0.642. The Kier molecular flexibility index (Phi) is 4.77. The SMILES string of the molecule is CSc1ncc(-c2c(-c3ccccc3)ncn2C(C)c2cnn(C)c2)cn1. The van der Waals surface area contributed by atoms with Crippen molar-refractivity contribution in [2.24, 2.45) is 7.05 Å². The highest BCUT2D eigenvalue weighted by Gasteiger charge is 2.20. The van der Waals surface area contributed by atoms with E-state index in [9.17, 15) is 0 Å². The van der Waals surface area contributed by atoms with E-state index in [2.05, 4.69) is 38.7 Å². The second-order valence-electron chi connectivity index (χ2n) is 6.30. The normalized spacial score (nSPS) is 12.3. The van der Waals surface area contributed by atoms with E-state index in [1.807, 2.05) is 67.3 Å². The van der Waals surface area contributed by atoms with Gasteiger partial charge in [0.15, 0.2) is 5.16 Å². The van der Waals surface area contributed by atoms with Gasteiger partial charge in [0, 0.05) is 42.3 Å². The minimum atomic E-state index is 0.0823. The van der Waals surface area contributed by atoms with Crippen LogP contribution >= 0.6 is 11.8 Å². The highest BCUT2D eigenvalue weighted by molar-refractivity contribution is 7.98. The second kappa shape index (κ2) is 7.36. The molecule has 27 heavy (non-hydrogen) atoms. The van der Waals surface area contributed by atoms with Crippen molar-refractivity contribution in [3.8, 4) is 22.5 Å². The number of rotatable bonds is 5. The Labute approximate surface area is 162 Å². The van der Waals surface area contributed by atoms with E-state index in [4.69, 9.17) is 4.98 Å². The summed E-state index contributed by atoms with van der Waals surface area (Å²) >= 11 is 1.53. The average molecular weight is 376 g/mol. The molecule has 0 aliphatic rings. The molecule has 1 unspecified atom stereocenters. The first-order valence-electron chi connectivity index (χ1n) is 8.64. The molecule has 0 aliphatic carbocycles. The van der Waals surface area contributed by atoms with Crippen LogP contribution in [0.25, 0.3) is 22.5 Å². The van der Waals surface area contributed by atoms with Gasteiger partial charge in [0.25, 0.3) is 0 Å². The van der Waals surface area contributed by atoms with Gasteiger partial charge in [-0.3, -0.25) is 4.68 Å². The molecule has 0 saturated carbocycles. The predicted molar refractivity (Wildman–Crippen MR) is 107 cm³/mol. The van der Waals surface area contributed by atoms with Crippen molar-refractivity contribution in [3.05, 3.63) is 67.0 Å². The van der Waals surface area contributed by atoms with Gasteiger partial charge in [-0.1, -0.05) is 42.1 Å². The Morgan fingerprint density at radius 2 is 1.70 bits per heavy atom. The topological polar surface area (TPSA) is 61.4 Å². The molecule has 0 spiro atoms. The van der Waals surface area contributed by atoms with Crippen molar-refractivity contribution in [1.29, 1.82) is 0 Å². The summed E-state index contributed by atoms with van der Waals surface area (Å²) in [6, 6.07) is 10.3. The van der Waals surface area contributed by atoms with Crippen LogP contribution in [0.2, 0.25) is 0 Å². The summed E-state index contributed by atoms with van der Waals surface area (Å²) in [5.74, 6) is 0. The molecule has 3 heterocycles. The number of benzene rings is 1. The largest absolute Gasteiger partial charge is 0.323 e. The molecule has 0 aliphatic heterocycles. The molecule has 1 atom stereocenters. The molecule has 0 bridgehead atoms. The maximum Gasteiger partial charge on any atom is 0.187 e. The molecule has 0 saturated heterocycles. The maximum atomic E-state index is 4.73. The molecular weight excluding hydrogens is 356 g/mol. The zero-order valence-corrected chi connectivity index (χ0v) is 16.3. The molecule has 7 heteroatoms. The smallest absolute Gasteiger partial charge is 0.187 e. The molecule has 0 N–H and O–H groups in total. The van der Waals surface area contributed by atoms with Crippen molar-refractivity contribution in [2.45, 2.75) is 18.1 Å². The second-order valence-corrected chi connectivity index (χ2v) is 7.07. The zero-order chi connectivity index (χ0) is 18.8. The van der Waals surface area contributed by atoms with Crippen LogP contribution in [0.4, 0.5) is 0 Å². The lowest BCUT2D eigenvalue weighted by Gasteiger charge is -2.16. The van der Waals surface area contributed by atoms with Gasteiger partial charge in [0.1, 0.15) is 0 Å². The highest BCUT2D eigenvalue weighted by atomic mass is 32.2. The fourth-order valence-corrected chi connectivity index (χ4v) is 3.42. The van der Waals surface area contributed by atoms with Crippen molar-refractivity contribution < 1.29 is 0 Å². The fraction of sp³-hybridized carbons (Fsp3) is 0.200. The van der Waals surface area contributed by atoms with E-state index in [-0.39, 0.29) is 6.04 Å². The van der Waals surface area contributed by atoms with Crippen LogP contribution < -0.4 is 0 Å². The van der Waals surface area contributed by atoms with Crippen molar-refractivity contribution in [3.63, 3.8) is 0 Å². The molecule has 136 valence electrons. The molecule has 4 aromatic rings. The highest BCUT2D eigenvalue weighted by Crippen LogP contribution is 2.34. The van der Waals surface area contributed by atoms with Crippen LogP contribution in [-0.4, -0.2) is 35.6 Å². The van der Waals surface area contributed by atoms with E-state index < -0.39 is 0 Å². The Bertz CT molecular complexity index is 1040. The van der Waals surface area contributed by atoms with Crippen LogP contribution in [0.3, 0.4) is 0 Å². The minimum Gasteiger partial charge on any atom is -0.323 e. The molecule has 0 radical (unpaired) electrons. The Balaban J connectivity index is 1.87. The summed E-state index contributed by atoms with van der Waals surface area (Å²) in [5.41, 5.74) is 5.06. The van der Waals surface area contributed by atoms with Crippen molar-refractivity contribution in [1.82, 2.24) is 29.3 Å². The van der Waals surface area contributed by atoms with E-state index in [0.29, 0.717) is 0 Å². The molecule has 6 nitrogen and oxygen atoms in total. The lowest BCUT2D eigenvalue weighted by atomic mass is 10.1. The van der Waals surface area contributed by atoms with E-state index >= 15 is 0 Å². The standard InChI is InChI=1S/C20H20N6S/c1-14(17-11-24-25(2)12-17)26-13-23-18(15-7-5-4-6-8-15)19(26)16-9-21-20(27-3)22-10-16/h4-14H,1-3H3. The maximum absolute atomic E-state index is 4.73. The Hall–Kier alpha value is -2.93. The van der Waals surface area contributed by atoms with Crippen molar-refractivity contribution >= 4 is 11.8 Å². The van der Waals surface area contributed by atoms with Gasteiger partial charge in [-0.05, 0) is 13.2 Å². The van der Waals surface area contributed by atoms with E-state index in [1.54, 1.807) is 0 Å². The van der Waals surface area contributed by atoms with Gasteiger partial charge in [0.2, 0.25) is 0 Å². The van der Waals surface area contributed by atoms with Gasteiger partial charge >= 0.3 is 0 Å². The van der Waals surface area contributed by atoms with Gasteiger partial charge in [-0.2, -0.15) is 5.10 Å². The first-order chi connectivity index (χ1) is 13.2. The number of aryl methyl sites for hydroxylation is 1. The number of imidazole rings is 1. The van der Waals surface area contributed by atoms with Crippen LogP contribution in [0.1, 0.15) is 18.5 Å². The van der Waals surface area contributed by atoms with Crippen molar-refractivity contribution in [2.75, 3.05) is 6.26 Å². The average Bonchev–Trinajstić information content (AvgIpc) is 3.35. The quantitative estimate of drug-likeness (QED) is 0.388. The number of nitrogens with zero attached hydrogens (tertiary/aromatic N) is 6. The number of thioether (sulfide) groups is 1. The monoisotopic (exact) mass is 376 g/mol. The van der Waals surface area contributed by atoms with Gasteiger partial charge in [0.05, 0.1) is 30.0 Å². The molecular formula is C20H20N6S. The molecule has 4 rings (SSSR count). The summed E-state index contributed by atoms with van der Waals surface area (Å²) in [7, 11) is 1.93.